The van der Waals surface area contributed by atoms with E-state index >= 15 is 0 Å². The molecule has 1 aromatic heterocycles. The molecule has 0 aliphatic heterocycles. The topological polar surface area (TPSA) is 56.2 Å². The zero-order valence-electron chi connectivity index (χ0n) is 13.7. The molecule has 3 rings (SSSR count). The van der Waals surface area contributed by atoms with Crippen molar-refractivity contribution in [2.75, 3.05) is 0 Å². The first kappa shape index (κ1) is 15.6. The van der Waals surface area contributed by atoms with Gasteiger partial charge < -0.3 is 10.1 Å². The lowest BCUT2D eigenvalue weighted by molar-refractivity contribution is -0.135. The van der Waals surface area contributed by atoms with Crippen molar-refractivity contribution in [1.29, 1.82) is 0 Å². The molecule has 1 fully saturated rings. The molecule has 2 aromatic rings. The Morgan fingerprint density at radius 1 is 1.22 bits per heavy atom. The van der Waals surface area contributed by atoms with Crippen molar-refractivity contribution in [3.05, 3.63) is 42.6 Å². The van der Waals surface area contributed by atoms with E-state index in [9.17, 15) is 4.79 Å². The van der Waals surface area contributed by atoms with Crippen molar-refractivity contribution in [3.8, 4) is 11.6 Å². The van der Waals surface area contributed by atoms with Gasteiger partial charge in [-0.05, 0) is 38.8 Å². The fourth-order valence-corrected chi connectivity index (χ4v) is 2.82. The number of nitrogens with one attached hydrogen (secondary N) is 1. The Balaban J connectivity index is 1.65. The van der Waals surface area contributed by atoms with Crippen LogP contribution < -0.4 is 10.1 Å². The van der Waals surface area contributed by atoms with E-state index in [0.29, 0.717) is 5.88 Å². The molecule has 5 heteroatoms. The summed E-state index contributed by atoms with van der Waals surface area (Å²) in [5.74, 6) is 0.360. The first-order valence-electron chi connectivity index (χ1n) is 8.16. The molecule has 1 saturated carbocycles. The molecule has 1 heterocycles. The van der Waals surface area contributed by atoms with E-state index in [-0.39, 0.29) is 11.9 Å². The van der Waals surface area contributed by atoms with E-state index in [2.05, 4.69) is 10.4 Å². The molecule has 1 aliphatic carbocycles. The van der Waals surface area contributed by atoms with E-state index in [4.69, 9.17) is 4.74 Å². The highest BCUT2D eigenvalue weighted by Crippen LogP contribution is 2.21. The Bertz CT molecular complexity index is 658. The summed E-state index contributed by atoms with van der Waals surface area (Å²) in [6.07, 6.45) is 6.33. The number of hydrogen-bond donors (Lipinski definition) is 1. The highest BCUT2D eigenvalue weighted by atomic mass is 16.5. The summed E-state index contributed by atoms with van der Waals surface area (Å²) in [5, 5.41) is 7.47. The molecule has 0 atom stereocenters. The average Bonchev–Trinajstić information content (AvgIpc) is 3.19. The summed E-state index contributed by atoms with van der Waals surface area (Å²) in [6.45, 7) is 3.55. The van der Waals surface area contributed by atoms with Gasteiger partial charge in [0, 0.05) is 18.3 Å². The molecule has 0 bridgehead atoms. The first-order valence-corrected chi connectivity index (χ1v) is 8.16. The minimum absolute atomic E-state index is 0.0846. The predicted molar refractivity (Wildman–Crippen MR) is 88.7 cm³/mol. The van der Waals surface area contributed by atoms with Gasteiger partial charge in [-0.2, -0.15) is 0 Å². The Morgan fingerprint density at radius 2 is 1.91 bits per heavy atom. The first-order chi connectivity index (χ1) is 11.0. The number of para-hydroxylation sites is 1. The van der Waals surface area contributed by atoms with Gasteiger partial charge in [0.2, 0.25) is 5.88 Å². The summed E-state index contributed by atoms with van der Waals surface area (Å²) < 4.78 is 7.57. The third-order valence-electron chi connectivity index (χ3n) is 4.18. The second-order valence-corrected chi connectivity index (χ2v) is 6.50. The van der Waals surface area contributed by atoms with Gasteiger partial charge in [-0.25, -0.2) is 4.68 Å². The van der Waals surface area contributed by atoms with Crippen LogP contribution in [0.15, 0.2) is 42.6 Å². The minimum atomic E-state index is -0.946. The van der Waals surface area contributed by atoms with Gasteiger partial charge in [0.05, 0.1) is 5.69 Å². The number of carbonyl (C=O) groups is 1. The number of amides is 1. The minimum Gasteiger partial charge on any atom is -0.460 e. The van der Waals surface area contributed by atoms with Crippen LogP contribution in [-0.4, -0.2) is 27.3 Å². The Morgan fingerprint density at radius 3 is 2.61 bits per heavy atom. The Hall–Kier alpha value is -2.30. The molecular weight excluding hydrogens is 290 g/mol. The lowest BCUT2D eigenvalue weighted by atomic mass is 10.1. The van der Waals surface area contributed by atoms with Gasteiger partial charge in [-0.15, -0.1) is 5.10 Å². The van der Waals surface area contributed by atoms with Crippen LogP contribution in [0.25, 0.3) is 5.69 Å². The van der Waals surface area contributed by atoms with Crippen molar-refractivity contribution in [2.45, 2.75) is 51.2 Å². The van der Waals surface area contributed by atoms with E-state index < -0.39 is 5.60 Å². The van der Waals surface area contributed by atoms with Crippen molar-refractivity contribution in [1.82, 2.24) is 15.1 Å². The number of carbonyl (C=O) groups excluding carboxylic acids is 1. The molecule has 1 aliphatic rings. The fraction of sp³-hybridized carbons (Fsp3) is 0.444. The van der Waals surface area contributed by atoms with Gasteiger partial charge in [0.1, 0.15) is 0 Å². The molecule has 1 aromatic carbocycles. The second-order valence-electron chi connectivity index (χ2n) is 6.50. The van der Waals surface area contributed by atoms with Crippen LogP contribution >= 0.6 is 0 Å². The number of aromatic nitrogens is 2. The monoisotopic (exact) mass is 313 g/mol. The molecule has 1 amide bonds. The third kappa shape index (κ3) is 3.73. The number of rotatable bonds is 5. The molecule has 122 valence electrons. The summed E-state index contributed by atoms with van der Waals surface area (Å²) in [6, 6.07) is 11.9. The van der Waals surface area contributed by atoms with Crippen LogP contribution in [0.3, 0.4) is 0 Å². The lowest BCUT2D eigenvalue weighted by Crippen LogP contribution is -2.49. The zero-order valence-corrected chi connectivity index (χ0v) is 13.7. The van der Waals surface area contributed by atoms with E-state index in [0.717, 1.165) is 18.5 Å². The van der Waals surface area contributed by atoms with Gasteiger partial charge in [-0.1, -0.05) is 31.0 Å². The van der Waals surface area contributed by atoms with Crippen LogP contribution in [0.1, 0.15) is 39.5 Å². The van der Waals surface area contributed by atoms with Crippen molar-refractivity contribution < 1.29 is 9.53 Å². The highest BCUT2D eigenvalue weighted by Gasteiger charge is 2.32. The van der Waals surface area contributed by atoms with Gasteiger partial charge in [-0.3, -0.25) is 4.79 Å². The molecule has 0 unspecified atom stereocenters. The standard InChI is InChI=1S/C18H23N3O2/c1-18(2,17(22)19-14-8-6-7-9-14)23-16-12-13-21(20-16)15-10-4-3-5-11-15/h3-5,10-14H,6-9H2,1-2H3,(H,19,22). The number of ether oxygens (including phenoxy) is 1. The quantitative estimate of drug-likeness (QED) is 0.923. The number of benzene rings is 1. The van der Waals surface area contributed by atoms with Crippen LogP contribution in [-0.2, 0) is 4.79 Å². The molecule has 23 heavy (non-hydrogen) atoms. The molecular formula is C18H23N3O2. The van der Waals surface area contributed by atoms with Gasteiger partial charge in [0.25, 0.3) is 5.91 Å². The fourth-order valence-electron chi connectivity index (χ4n) is 2.82. The maximum Gasteiger partial charge on any atom is 0.263 e. The second kappa shape index (κ2) is 6.44. The summed E-state index contributed by atoms with van der Waals surface area (Å²) in [5.41, 5.74) is 0.00825. The Labute approximate surface area is 136 Å². The maximum absolute atomic E-state index is 12.4. The van der Waals surface area contributed by atoms with Crippen molar-refractivity contribution in [2.24, 2.45) is 0 Å². The van der Waals surface area contributed by atoms with E-state index in [1.165, 1.54) is 12.8 Å². The predicted octanol–water partition coefficient (Wildman–Crippen LogP) is 3.09. The van der Waals surface area contributed by atoms with E-state index in [1.54, 1.807) is 24.6 Å². The summed E-state index contributed by atoms with van der Waals surface area (Å²) >= 11 is 0. The van der Waals surface area contributed by atoms with Crippen LogP contribution in [0.4, 0.5) is 0 Å². The molecule has 1 N–H and O–H groups in total. The van der Waals surface area contributed by atoms with Gasteiger partial charge in [0.15, 0.2) is 5.60 Å². The van der Waals surface area contributed by atoms with Crippen molar-refractivity contribution in [3.63, 3.8) is 0 Å². The largest absolute Gasteiger partial charge is 0.460 e. The zero-order chi connectivity index (χ0) is 16.3. The molecule has 0 saturated heterocycles. The average molecular weight is 313 g/mol. The molecule has 5 nitrogen and oxygen atoms in total. The highest BCUT2D eigenvalue weighted by molar-refractivity contribution is 5.84. The smallest absolute Gasteiger partial charge is 0.263 e. The molecule has 0 radical (unpaired) electrons. The third-order valence-corrected chi connectivity index (χ3v) is 4.18. The SMILES string of the molecule is CC(C)(Oc1ccn(-c2ccccc2)n1)C(=O)NC1CCCC1. The van der Waals surface area contributed by atoms with Crippen LogP contribution in [0.2, 0.25) is 0 Å². The summed E-state index contributed by atoms with van der Waals surface area (Å²) in [4.78, 5) is 12.4. The van der Waals surface area contributed by atoms with Gasteiger partial charge >= 0.3 is 0 Å². The number of nitrogens with zero attached hydrogens (tertiary/aromatic N) is 2. The maximum atomic E-state index is 12.4. The van der Waals surface area contributed by atoms with Crippen LogP contribution in [0, 0.1) is 0 Å². The summed E-state index contributed by atoms with van der Waals surface area (Å²) in [7, 11) is 0. The molecule has 0 spiro atoms. The normalized spacial score (nSPS) is 15.6. The number of hydrogen-bond acceptors (Lipinski definition) is 3. The van der Waals surface area contributed by atoms with Crippen molar-refractivity contribution >= 4 is 5.91 Å². The van der Waals surface area contributed by atoms with Crippen LogP contribution in [0.5, 0.6) is 5.88 Å². The van der Waals surface area contributed by atoms with E-state index in [1.807, 2.05) is 36.5 Å². The Kier molecular flexibility index (Phi) is 4.37. The lowest BCUT2D eigenvalue weighted by Gasteiger charge is -2.25.